The van der Waals surface area contributed by atoms with Crippen molar-refractivity contribution in [1.82, 2.24) is 9.97 Å². The summed E-state index contributed by atoms with van der Waals surface area (Å²) in [5, 5.41) is 0. The molecule has 4 aromatic rings. The molecule has 0 unspecified atom stereocenters. The molecule has 0 saturated heterocycles. The van der Waals surface area contributed by atoms with E-state index in [0.717, 1.165) is 33.4 Å². The Morgan fingerprint density at radius 2 is 1.05 bits per heavy atom. The highest BCUT2D eigenvalue weighted by atomic mass is 16.5. The van der Waals surface area contributed by atoms with E-state index >= 15 is 0 Å². The molecule has 0 radical (unpaired) electrons. The Labute approximate surface area is 221 Å². The van der Waals surface area contributed by atoms with Crippen LogP contribution < -0.4 is 18.9 Å². The molecule has 0 spiro atoms. The van der Waals surface area contributed by atoms with E-state index in [1.54, 1.807) is 24.3 Å². The second kappa shape index (κ2) is 12.0. The first-order chi connectivity index (χ1) is 18.5. The minimum Gasteiger partial charge on any atom is -0.480 e. The van der Waals surface area contributed by atoms with Crippen molar-refractivity contribution in [3.63, 3.8) is 0 Å². The van der Waals surface area contributed by atoms with E-state index < -0.39 is 0 Å². The number of hydrogen-bond donors (Lipinski definition) is 0. The van der Waals surface area contributed by atoms with Crippen LogP contribution in [0.3, 0.4) is 0 Å². The minimum absolute atomic E-state index is 0.228. The van der Waals surface area contributed by atoms with Gasteiger partial charge in [-0.25, -0.2) is 0 Å². The van der Waals surface area contributed by atoms with Crippen molar-refractivity contribution >= 4 is 12.6 Å². The van der Waals surface area contributed by atoms with Gasteiger partial charge in [0.2, 0.25) is 23.5 Å². The van der Waals surface area contributed by atoms with E-state index in [0.29, 0.717) is 48.7 Å². The third kappa shape index (κ3) is 5.64. The number of nitrogens with zero attached hydrogens (tertiary/aromatic N) is 2. The van der Waals surface area contributed by atoms with Gasteiger partial charge >= 0.3 is 0 Å². The normalized spacial score (nSPS) is 10.5. The summed E-state index contributed by atoms with van der Waals surface area (Å²) in [4.78, 5) is 30.8. The van der Waals surface area contributed by atoms with Crippen molar-refractivity contribution < 1.29 is 28.5 Å². The third-order valence-corrected chi connectivity index (χ3v) is 6.30. The molecule has 2 aromatic heterocycles. The molecule has 194 valence electrons. The molecular weight excluding hydrogens is 484 g/mol. The fraction of sp³-hybridized carbons (Fsp3) is 0.200. The van der Waals surface area contributed by atoms with E-state index in [-0.39, 0.29) is 11.8 Å². The fourth-order valence-corrected chi connectivity index (χ4v) is 4.10. The van der Waals surface area contributed by atoms with Gasteiger partial charge < -0.3 is 18.9 Å². The number of hydrogen-bond acceptors (Lipinski definition) is 8. The molecular formula is C30H28N2O6. The molecule has 0 atom stereocenters. The van der Waals surface area contributed by atoms with Crippen LogP contribution in [0.4, 0.5) is 0 Å². The number of benzene rings is 2. The van der Waals surface area contributed by atoms with Gasteiger partial charge in [-0.15, -0.1) is 0 Å². The number of methoxy groups -OCH3 is 2. The van der Waals surface area contributed by atoms with Crippen molar-refractivity contribution in [1.29, 1.82) is 0 Å². The van der Waals surface area contributed by atoms with Crippen LogP contribution in [0, 0.1) is 13.8 Å². The van der Waals surface area contributed by atoms with Gasteiger partial charge in [-0.2, -0.15) is 9.97 Å². The lowest BCUT2D eigenvalue weighted by Crippen LogP contribution is -2.04. The zero-order valence-electron chi connectivity index (χ0n) is 21.7. The van der Waals surface area contributed by atoms with Gasteiger partial charge in [0.05, 0.1) is 25.3 Å². The Morgan fingerprint density at radius 3 is 1.42 bits per heavy atom. The van der Waals surface area contributed by atoms with Crippen LogP contribution in [0.2, 0.25) is 0 Å². The maximum atomic E-state index is 11.1. The van der Waals surface area contributed by atoms with Crippen molar-refractivity contribution in [2.75, 3.05) is 14.2 Å². The Balaban J connectivity index is 1.53. The molecule has 8 heteroatoms. The number of aromatic nitrogens is 2. The summed E-state index contributed by atoms with van der Waals surface area (Å²) < 4.78 is 22.2. The average molecular weight is 513 g/mol. The predicted octanol–water partition coefficient (Wildman–Crippen LogP) is 5.56. The van der Waals surface area contributed by atoms with Crippen LogP contribution in [0.1, 0.15) is 43.0 Å². The van der Waals surface area contributed by atoms with Crippen LogP contribution >= 0.6 is 0 Å². The summed E-state index contributed by atoms with van der Waals surface area (Å²) in [6, 6.07) is 18.7. The highest BCUT2D eigenvalue weighted by Gasteiger charge is 2.13. The van der Waals surface area contributed by atoms with E-state index in [2.05, 4.69) is 35.9 Å². The van der Waals surface area contributed by atoms with E-state index in [9.17, 15) is 9.59 Å². The molecule has 38 heavy (non-hydrogen) atoms. The molecule has 0 N–H and O–H groups in total. The quantitative estimate of drug-likeness (QED) is 0.241. The first-order valence-corrected chi connectivity index (χ1v) is 11.9. The zero-order valence-corrected chi connectivity index (χ0v) is 21.7. The number of ether oxygens (including phenoxy) is 4. The lowest BCUT2D eigenvalue weighted by Gasteiger charge is -2.17. The first-order valence-electron chi connectivity index (χ1n) is 11.9. The van der Waals surface area contributed by atoms with Gasteiger partial charge in [0.15, 0.2) is 12.6 Å². The van der Waals surface area contributed by atoms with Crippen LogP contribution in [0.25, 0.3) is 11.1 Å². The molecule has 0 bridgehead atoms. The van der Waals surface area contributed by atoms with Crippen LogP contribution in [-0.4, -0.2) is 36.8 Å². The lowest BCUT2D eigenvalue weighted by atomic mass is 9.92. The number of carbonyl (C=O) groups is 2. The highest BCUT2D eigenvalue weighted by Crippen LogP contribution is 2.31. The van der Waals surface area contributed by atoms with Crippen molar-refractivity contribution in [2.24, 2.45) is 0 Å². The van der Waals surface area contributed by atoms with Crippen molar-refractivity contribution in [2.45, 2.75) is 27.1 Å². The molecule has 2 aromatic carbocycles. The summed E-state index contributed by atoms with van der Waals surface area (Å²) in [5.74, 6) is 1.20. The summed E-state index contributed by atoms with van der Waals surface area (Å²) in [6.07, 6.45) is 1.39. The van der Waals surface area contributed by atoms with E-state index in [1.165, 1.54) is 14.2 Å². The molecule has 0 aliphatic carbocycles. The second-order valence-electron chi connectivity index (χ2n) is 8.49. The fourth-order valence-electron chi connectivity index (χ4n) is 4.10. The maximum absolute atomic E-state index is 11.1. The molecule has 0 saturated carbocycles. The van der Waals surface area contributed by atoms with Gasteiger partial charge in [-0.1, -0.05) is 36.4 Å². The minimum atomic E-state index is 0.228. The van der Waals surface area contributed by atoms with E-state index in [4.69, 9.17) is 18.9 Å². The second-order valence-corrected chi connectivity index (χ2v) is 8.49. The largest absolute Gasteiger partial charge is 0.480 e. The van der Waals surface area contributed by atoms with Gasteiger partial charge in [-0.05, 0) is 59.4 Å². The molecule has 2 heterocycles. The molecule has 0 fully saturated rings. The maximum Gasteiger partial charge on any atom is 0.227 e. The molecule has 0 aliphatic rings. The van der Waals surface area contributed by atoms with Gasteiger partial charge in [0.1, 0.15) is 13.2 Å². The standard InChI is InChI=1S/C30H28N2O6/c1-19-23(17-37-27-13-11-21(15-33)29(31-27)35-3)7-5-9-25(19)26-10-6-8-24(20(26)2)18-38-28-14-12-22(16-34)30(32-28)36-4/h5-16H,17-18H2,1-4H3. The number of pyridine rings is 2. The zero-order chi connectivity index (χ0) is 27.1. The first kappa shape index (κ1) is 26.3. The Bertz CT molecular complexity index is 1360. The number of carbonyl (C=O) groups excluding carboxylic acids is 2. The number of rotatable bonds is 11. The van der Waals surface area contributed by atoms with Crippen LogP contribution in [0.5, 0.6) is 23.5 Å². The SMILES string of the molecule is COc1nc(OCc2cccc(-c3cccc(COc4ccc(C=O)c(OC)n4)c3C)c2C)ccc1C=O. The topological polar surface area (TPSA) is 96.8 Å². The van der Waals surface area contributed by atoms with Crippen LogP contribution in [-0.2, 0) is 13.2 Å². The Hall–Kier alpha value is -4.72. The monoisotopic (exact) mass is 512 g/mol. The van der Waals surface area contributed by atoms with Gasteiger partial charge in [0, 0.05) is 12.1 Å². The smallest absolute Gasteiger partial charge is 0.227 e. The summed E-state index contributed by atoms with van der Waals surface area (Å²) in [7, 11) is 2.93. The molecule has 8 nitrogen and oxygen atoms in total. The molecule has 0 aliphatic heterocycles. The Morgan fingerprint density at radius 1 is 0.632 bits per heavy atom. The molecule has 0 amide bonds. The van der Waals surface area contributed by atoms with E-state index in [1.807, 2.05) is 24.3 Å². The number of aldehydes is 2. The summed E-state index contributed by atoms with van der Waals surface area (Å²) in [5.41, 5.74) is 7.09. The molecule has 4 rings (SSSR count). The summed E-state index contributed by atoms with van der Waals surface area (Å²) in [6.45, 7) is 4.74. The van der Waals surface area contributed by atoms with Gasteiger partial charge in [0.25, 0.3) is 0 Å². The Kier molecular flexibility index (Phi) is 8.33. The van der Waals surface area contributed by atoms with Crippen molar-refractivity contribution in [3.05, 3.63) is 94.0 Å². The average Bonchev–Trinajstić information content (AvgIpc) is 2.95. The predicted molar refractivity (Wildman–Crippen MR) is 142 cm³/mol. The summed E-state index contributed by atoms with van der Waals surface area (Å²) >= 11 is 0. The lowest BCUT2D eigenvalue weighted by molar-refractivity contribution is 0.111. The third-order valence-electron chi connectivity index (χ3n) is 6.30. The van der Waals surface area contributed by atoms with Gasteiger partial charge in [-0.3, -0.25) is 9.59 Å². The van der Waals surface area contributed by atoms with Crippen molar-refractivity contribution in [3.8, 4) is 34.6 Å². The van der Waals surface area contributed by atoms with Crippen LogP contribution in [0.15, 0.2) is 60.7 Å². The highest BCUT2D eigenvalue weighted by molar-refractivity contribution is 5.79.